The number of carbonyl (C=O) groups excluding carboxylic acids is 1. The van der Waals surface area contributed by atoms with E-state index in [1.807, 2.05) is 19.1 Å². The first-order chi connectivity index (χ1) is 13.7. The van der Waals surface area contributed by atoms with Crippen molar-refractivity contribution in [1.29, 1.82) is 0 Å². The smallest absolute Gasteiger partial charge is 0.257 e. The predicted octanol–water partition coefficient (Wildman–Crippen LogP) is 2.45. The molecule has 2 aromatic rings. The second-order valence-electron chi connectivity index (χ2n) is 8.26. The Morgan fingerprint density at radius 3 is 2.61 bits per heavy atom. The van der Waals surface area contributed by atoms with E-state index in [1.165, 1.54) is 0 Å². The maximum Gasteiger partial charge on any atom is 0.257 e. The minimum absolute atomic E-state index is 0.0362. The second kappa shape index (κ2) is 6.85. The van der Waals surface area contributed by atoms with Crippen LogP contribution >= 0.6 is 0 Å². The molecule has 6 nitrogen and oxygen atoms in total. The van der Waals surface area contributed by atoms with Gasteiger partial charge in [-0.15, -0.1) is 0 Å². The van der Waals surface area contributed by atoms with Crippen LogP contribution in [0.25, 0.3) is 0 Å². The highest BCUT2D eigenvalue weighted by Gasteiger charge is 2.54. The highest BCUT2D eigenvalue weighted by atomic mass is 16.3. The number of rotatable bonds is 3. The summed E-state index contributed by atoms with van der Waals surface area (Å²) in [4.78, 5) is 26.7. The van der Waals surface area contributed by atoms with Crippen LogP contribution < -0.4 is 0 Å². The van der Waals surface area contributed by atoms with Crippen LogP contribution in [0.5, 0.6) is 5.75 Å². The van der Waals surface area contributed by atoms with Gasteiger partial charge in [0.1, 0.15) is 11.6 Å². The van der Waals surface area contributed by atoms with Crippen LogP contribution in [0.1, 0.15) is 47.4 Å². The molecule has 3 atom stereocenters. The van der Waals surface area contributed by atoms with Gasteiger partial charge in [-0.05, 0) is 49.5 Å². The third kappa shape index (κ3) is 2.78. The molecule has 1 aromatic carbocycles. The van der Waals surface area contributed by atoms with Gasteiger partial charge < -0.3 is 10.0 Å². The van der Waals surface area contributed by atoms with E-state index < -0.39 is 0 Å². The molecule has 6 heteroatoms. The van der Waals surface area contributed by atoms with Crippen LogP contribution in [0.4, 0.5) is 0 Å². The number of aryl methyl sites for hydroxylation is 1. The summed E-state index contributed by atoms with van der Waals surface area (Å²) in [7, 11) is 0. The SMILES string of the molecule is CCc1ncc(C(=O)N2C[C@H](c3cccc(O)c3)[C@H]3[C@@H]2C2CCN3CC2)cn1. The van der Waals surface area contributed by atoms with Crippen molar-refractivity contribution >= 4 is 5.91 Å². The fourth-order valence-electron chi connectivity index (χ4n) is 5.52. The van der Waals surface area contributed by atoms with E-state index in [1.54, 1.807) is 18.5 Å². The lowest BCUT2D eigenvalue weighted by molar-refractivity contribution is -0.00344. The molecule has 4 saturated heterocycles. The number of phenolic OH excluding ortho intramolecular Hbond substituents is 1. The van der Waals surface area contributed by atoms with Crippen LogP contribution in [0.2, 0.25) is 0 Å². The van der Waals surface area contributed by atoms with Crippen molar-refractivity contribution in [2.45, 2.75) is 44.2 Å². The Labute approximate surface area is 165 Å². The largest absolute Gasteiger partial charge is 0.508 e. The van der Waals surface area contributed by atoms with Crippen molar-refractivity contribution in [3.05, 3.63) is 53.6 Å². The number of aromatic nitrogens is 2. The minimum atomic E-state index is 0.0362. The molecular weight excluding hydrogens is 352 g/mol. The Morgan fingerprint density at radius 2 is 1.93 bits per heavy atom. The predicted molar refractivity (Wildman–Crippen MR) is 105 cm³/mol. The lowest BCUT2D eigenvalue weighted by Gasteiger charge is -2.51. The summed E-state index contributed by atoms with van der Waals surface area (Å²) in [5.74, 6) is 1.86. The van der Waals surface area contributed by atoms with Crippen molar-refractivity contribution in [2.75, 3.05) is 19.6 Å². The van der Waals surface area contributed by atoms with E-state index in [0.29, 0.717) is 29.8 Å². The zero-order valence-electron chi connectivity index (χ0n) is 16.2. The molecule has 6 rings (SSSR count). The zero-order chi connectivity index (χ0) is 19.3. The van der Waals surface area contributed by atoms with E-state index in [9.17, 15) is 9.90 Å². The van der Waals surface area contributed by atoms with Crippen molar-refractivity contribution in [2.24, 2.45) is 5.92 Å². The lowest BCUT2D eigenvalue weighted by atomic mass is 9.75. The third-order valence-corrected chi connectivity index (χ3v) is 6.82. The number of likely N-dealkylation sites (tertiary alicyclic amines) is 1. The molecule has 4 aliphatic heterocycles. The standard InChI is InChI=1S/C22H26N4O2/c1-2-19-23-11-16(12-24-19)22(28)26-13-18(15-4-3-5-17(27)10-15)21-20(26)14-6-8-25(21)9-7-14/h3-5,10-12,14,18,20-21,27H,2,6-9,13H2,1H3/t18-,20+,21+/m1/s1. The minimum Gasteiger partial charge on any atom is -0.508 e. The summed E-state index contributed by atoms with van der Waals surface area (Å²) in [5.41, 5.74) is 1.69. The second-order valence-corrected chi connectivity index (χ2v) is 8.26. The van der Waals surface area contributed by atoms with Crippen LogP contribution in [0.3, 0.4) is 0 Å². The molecule has 4 fully saturated rings. The molecular formula is C22H26N4O2. The Kier molecular flexibility index (Phi) is 4.31. The Morgan fingerprint density at radius 1 is 1.18 bits per heavy atom. The Hall–Kier alpha value is -2.47. The maximum atomic E-state index is 13.4. The molecule has 146 valence electrons. The summed E-state index contributed by atoms with van der Waals surface area (Å²) in [6.07, 6.45) is 6.42. The van der Waals surface area contributed by atoms with Crippen molar-refractivity contribution in [3.63, 3.8) is 0 Å². The van der Waals surface area contributed by atoms with Crippen molar-refractivity contribution in [1.82, 2.24) is 19.8 Å². The van der Waals surface area contributed by atoms with Gasteiger partial charge in [0.15, 0.2) is 0 Å². The van der Waals surface area contributed by atoms with E-state index in [0.717, 1.165) is 43.7 Å². The number of benzene rings is 1. The van der Waals surface area contributed by atoms with Gasteiger partial charge in [-0.25, -0.2) is 9.97 Å². The lowest BCUT2D eigenvalue weighted by Crippen LogP contribution is -2.60. The first-order valence-electron chi connectivity index (χ1n) is 10.3. The summed E-state index contributed by atoms with van der Waals surface area (Å²) >= 11 is 0. The Bertz CT molecular complexity index is 876. The van der Waals surface area contributed by atoms with Gasteiger partial charge in [-0.1, -0.05) is 19.1 Å². The highest BCUT2D eigenvalue weighted by Crippen LogP contribution is 2.47. The summed E-state index contributed by atoms with van der Waals surface area (Å²) < 4.78 is 0. The van der Waals surface area contributed by atoms with Crippen LogP contribution in [0, 0.1) is 5.92 Å². The third-order valence-electron chi connectivity index (χ3n) is 6.82. The number of phenols is 1. The van der Waals surface area contributed by atoms with E-state index in [-0.39, 0.29) is 17.9 Å². The number of hydrogen-bond donors (Lipinski definition) is 1. The first-order valence-corrected chi connectivity index (χ1v) is 10.3. The molecule has 28 heavy (non-hydrogen) atoms. The molecule has 5 heterocycles. The van der Waals surface area contributed by atoms with Gasteiger partial charge in [-0.3, -0.25) is 9.69 Å². The summed E-state index contributed by atoms with van der Waals surface area (Å²) in [6, 6.07) is 8.11. The van der Waals surface area contributed by atoms with Crippen LogP contribution in [0.15, 0.2) is 36.7 Å². The summed E-state index contributed by atoms with van der Waals surface area (Å²) in [6.45, 7) is 4.91. The van der Waals surface area contributed by atoms with Gasteiger partial charge in [-0.2, -0.15) is 0 Å². The molecule has 1 amide bonds. The molecule has 0 radical (unpaired) electrons. The molecule has 0 aliphatic carbocycles. The maximum absolute atomic E-state index is 13.4. The Balaban J connectivity index is 1.50. The van der Waals surface area contributed by atoms with Gasteiger partial charge in [0.25, 0.3) is 5.91 Å². The number of carbonyl (C=O) groups is 1. The number of amides is 1. The number of aromatic hydroxyl groups is 1. The quantitative estimate of drug-likeness (QED) is 0.888. The van der Waals surface area contributed by atoms with Crippen LogP contribution in [-0.2, 0) is 6.42 Å². The molecule has 1 aromatic heterocycles. The van der Waals surface area contributed by atoms with Gasteiger partial charge >= 0.3 is 0 Å². The van der Waals surface area contributed by atoms with Gasteiger partial charge in [0.2, 0.25) is 0 Å². The molecule has 0 spiro atoms. The fraction of sp³-hybridized carbons (Fsp3) is 0.500. The average molecular weight is 378 g/mol. The van der Waals surface area contributed by atoms with E-state index in [4.69, 9.17) is 0 Å². The van der Waals surface area contributed by atoms with Gasteiger partial charge in [0.05, 0.1) is 11.6 Å². The first kappa shape index (κ1) is 17.6. The molecule has 0 unspecified atom stereocenters. The van der Waals surface area contributed by atoms with Gasteiger partial charge in [0, 0.05) is 37.3 Å². The molecule has 4 aliphatic rings. The van der Waals surface area contributed by atoms with Crippen molar-refractivity contribution in [3.8, 4) is 5.75 Å². The monoisotopic (exact) mass is 378 g/mol. The molecule has 2 bridgehead atoms. The zero-order valence-corrected chi connectivity index (χ0v) is 16.2. The van der Waals surface area contributed by atoms with Crippen LogP contribution in [-0.4, -0.2) is 62.5 Å². The van der Waals surface area contributed by atoms with Crippen molar-refractivity contribution < 1.29 is 9.90 Å². The highest BCUT2D eigenvalue weighted by molar-refractivity contribution is 5.94. The normalized spacial score (nSPS) is 31.0. The number of piperidine rings is 3. The number of hydrogen-bond acceptors (Lipinski definition) is 5. The van der Waals surface area contributed by atoms with E-state index in [2.05, 4.69) is 25.8 Å². The molecule has 0 saturated carbocycles. The average Bonchev–Trinajstić information content (AvgIpc) is 3.17. The summed E-state index contributed by atoms with van der Waals surface area (Å²) in [5, 5.41) is 9.99. The molecule has 1 N–H and O–H groups in total. The topological polar surface area (TPSA) is 69.6 Å². The number of fused-ring (bicyclic) bond motifs is 2. The fourth-order valence-corrected chi connectivity index (χ4v) is 5.52. The number of nitrogens with zero attached hydrogens (tertiary/aromatic N) is 4. The van der Waals surface area contributed by atoms with E-state index >= 15 is 0 Å².